The molecule has 1 amide bonds. The number of ether oxygens (including phenoxy) is 1. The average Bonchev–Trinajstić information content (AvgIpc) is 2.35. The van der Waals surface area contributed by atoms with Gasteiger partial charge < -0.3 is 4.74 Å². The molecule has 0 bridgehead atoms. The molecule has 0 heterocycles. The molecule has 17 heavy (non-hydrogen) atoms. The predicted molar refractivity (Wildman–Crippen MR) is 67.3 cm³/mol. The quantitative estimate of drug-likeness (QED) is 0.465. The van der Waals surface area contributed by atoms with Crippen molar-refractivity contribution in [1.29, 1.82) is 0 Å². The zero-order valence-electron chi connectivity index (χ0n) is 9.78. The Bertz CT molecular complexity index is 354. The number of carbonyl (C=O) groups is 1. The summed E-state index contributed by atoms with van der Waals surface area (Å²) in [7, 11) is 0. The zero-order valence-corrected chi connectivity index (χ0v) is 10.5. The van der Waals surface area contributed by atoms with Gasteiger partial charge in [0.15, 0.2) is 0 Å². The number of hydrazine groups is 1. The Kier molecular flexibility index (Phi) is 5.97. The lowest BCUT2D eigenvalue weighted by Crippen LogP contribution is -2.40. The number of halogens is 1. The van der Waals surface area contributed by atoms with Crippen LogP contribution in [0.5, 0.6) is 0 Å². The van der Waals surface area contributed by atoms with Gasteiger partial charge in [0.2, 0.25) is 0 Å². The van der Waals surface area contributed by atoms with Crippen LogP contribution in [0.2, 0.25) is 5.02 Å². The van der Waals surface area contributed by atoms with Crippen LogP contribution in [0.1, 0.15) is 25.3 Å². The van der Waals surface area contributed by atoms with Crippen molar-refractivity contribution in [3.63, 3.8) is 0 Å². The molecule has 0 saturated heterocycles. The number of amides is 1. The minimum atomic E-state index is -0.499. The Morgan fingerprint density at radius 1 is 1.47 bits per heavy atom. The van der Waals surface area contributed by atoms with E-state index in [9.17, 15) is 4.79 Å². The number of hydrogen-bond donors (Lipinski definition) is 2. The standard InChI is InChI=1S/C12H17ClN2O2/c1-2-3-11(12(16)15-14)17-8-9-4-6-10(13)7-5-9/h4-7,11H,2-3,8,14H2,1H3,(H,15,16). The van der Waals surface area contributed by atoms with E-state index in [2.05, 4.69) is 5.43 Å². The van der Waals surface area contributed by atoms with Crippen molar-refractivity contribution in [2.45, 2.75) is 32.5 Å². The van der Waals surface area contributed by atoms with Gasteiger partial charge in [0.25, 0.3) is 5.91 Å². The fourth-order valence-electron chi connectivity index (χ4n) is 1.42. The first-order chi connectivity index (χ1) is 8.17. The second kappa shape index (κ2) is 7.27. The molecule has 0 fully saturated rings. The van der Waals surface area contributed by atoms with Crippen LogP contribution in [-0.2, 0) is 16.1 Å². The Morgan fingerprint density at radius 2 is 2.12 bits per heavy atom. The highest BCUT2D eigenvalue weighted by atomic mass is 35.5. The largest absolute Gasteiger partial charge is 0.364 e. The SMILES string of the molecule is CCCC(OCc1ccc(Cl)cc1)C(=O)NN. The van der Waals surface area contributed by atoms with E-state index >= 15 is 0 Å². The molecule has 94 valence electrons. The summed E-state index contributed by atoms with van der Waals surface area (Å²) >= 11 is 5.78. The van der Waals surface area contributed by atoms with Crippen LogP contribution < -0.4 is 11.3 Å². The summed E-state index contributed by atoms with van der Waals surface area (Å²) < 4.78 is 5.53. The van der Waals surface area contributed by atoms with Crippen LogP contribution >= 0.6 is 11.6 Å². The molecule has 0 spiro atoms. The molecular weight excluding hydrogens is 240 g/mol. The number of nitrogens with two attached hydrogens (primary N) is 1. The van der Waals surface area contributed by atoms with Crippen molar-refractivity contribution in [2.24, 2.45) is 5.84 Å². The monoisotopic (exact) mass is 256 g/mol. The van der Waals surface area contributed by atoms with Gasteiger partial charge in [-0.25, -0.2) is 5.84 Å². The number of carbonyl (C=O) groups excluding carboxylic acids is 1. The Labute approximate surface area is 106 Å². The third kappa shape index (κ3) is 4.73. The molecule has 0 aliphatic carbocycles. The third-order valence-corrected chi connectivity index (χ3v) is 2.60. The van der Waals surface area contributed by atoms with Crippen molar-refractivity contribution in [3.8, 4) is 0 Å². The van der Waals surface area contributed by atoms with Crippen LogP contribution in [-0.4, -0.2) is 12.0 Å². The van der Waals surface area contributed by atoms with Gasteiger partial charge in [-0.15, -0.1) is 0 Å². The van der Waals surface area contributed by atoms with Crippen molar-refractivity contribution >= 4 is 17.5 Å². The van der Waals surface area contributed by atoms with Gasteiger partial charge >= 0.3 is 0 Å². The zero-order chi connectivity index (χ0) is 12.7. The minimum Gasteiger partial charge on any atom is -0.364 e. The lowest BCUT2D eigenvalue weighted by atomic mass is 10.2. The molecule has 1 unspecified atom stereocenters. The normalized spacial score (nSPS) is 12.2. The van der Waals surface area contributed by atoms with Crippen molar-refractivity contribution in [1.82, 2.24) is 5.43 Å². The number of nitrogens with one attached hydrogen (secondary N) is 1. The molecule has 0 aliphatic rings. The van der Waals surface area contributed by atoms with Gasteiger partial charge in [0.1, 0.15) is 6.10 Å². The van der Waals surface area contributed by atoms with Crippen molar-refractivity contribution < 1.29 is 9.53 Å². The van der Waals surface area contributed by atoms with Gasteiger partial charge in [-0.2, -0.15) is 0 Å². The van der Waals surface area contributed by atoms with Crippen LogP contribution in [0.3, 0.4) is 0 Å². The first-order valence-electron chi connectivity index (χ1n) is 5.54. The Hall–Kier alpha value is -1.10. The van der Waals surface area contributed by atoms with Crippen LogP contribution in [0.4, 0.5) is 0 Å². The summed E-state index contributed by atoms with van der Waals surface area (Å²) in [6.45, 7) is 2.36. The second-order valence-electron chi connectivity index (χ2n) is 3.72. The molecule has 4 nitrogen and oxygen atoms in total. The molecule has 1 aromatic rings. The molecule has 3 N–H and O–H groups in total. The minimum absolute atomic E-state index is 0.291. The summed E-state index contributed by atoms with van der Waals surface area (Å²) in [4.78, 5) is 11.4. The van der Waals surface area contributed by atoms with E-state index in [0.29, 0.717) is 18.1 Å². The van der Waals surface area contributed by atoms with E-state index in [-0.39, 0.29) is 5.91 Å². The first-order valence-corrected chi connectivity index (χ1v) is 5.91. The molecule has 0 saturated carbocycles. The molecule has 1 rings (SSSR count). The van der Waals surface area contributed by atoms with Gasteiger partial charge in [0.05, 0.1) is 6.61 Å². The van der Waals surface area contributed by atoms with Crippen LogP contribution in [0.25, 0.3) is 0 Å². The summed E-state index contributed by atoms with van der Waals surface area (Å²) in [5, 5.41) is 0.679. The smallest absolute Gasteiger partial charge is 0.263 e. The van der Waals surface area contributed by atoms with Gasteiger partial charge in [-0.3, -0.25) is 10.2 Å². The summed E-state index contributed by atoms with van der Waals surface area (Å²) in [5.74, 6) is 4.80. The average molecular weight is 257 g/mol. The van der Waals surface area contributed by atoms with Gasteiger partial charge in [0, 0.05) is 5.02 Å². The maximum atomic E-state index is 11.4. The molecule has 0 aromatic heterocycles. The van der Waals surface area contributed by atoms with Crippen molar-refractivity contribution in [3.05, 3.63) is 34.9 Å². The highest BCUT2D eigenvalue weighted by molar-refractivity contribution is 6.30. The van der Waals surface area contributed by atoms with E-state index in [0.717, 1.165) is 12.0 Å². The molecule has 1 atom stereocenters. The topological polar surface area (TPSA) is 64.3 Å². The van der Waals surface area contributed by atoms with E-state index in [4.69, 9.17) is 22.2 Å². The molecule has 0 radical (unpaired) electrons. The van der Waals surface area contributed by atoms with Crippen LogP contribution in [0.15, 0.2) is 24.3 Å². The summed E-state index contributed by atoms with van der Waals surface area (Å²) in [5.41, 5.74) is 3.08. The van der Waals surface area contributed by atoms with E-state index in [1.54, 1.807) is 12.1 Å². The third-order valence-electron chi connectivity index (χ3n) is 2.35. The van der Waals surface area contributed by atoms with E-state index < -0.39 is 6.10 Å². The first kappa shape index (κ1) is 14.0. The summed E-state index contributed by atoms with van der Waals surface area (Å²) in [6.07, 6.45) is 1.01. The van der Waals surface area contributed by atoms with Crippen LogP contribution in [0, 0.1) is 0 Å². The van der Waals surface area contributed by atoms with Crippen molar-refractivity contribution in [2.75, 3.05) is 0 Å². The fourth-order valence-corrected chi connectivity index (χ4v) is 1.55. The maximum absolute atomic E-state index is 11.4. The number of benzene rings is 1. The van der Waals surface area contributed by atoms with E-state index in [1.165, 1.54) is 0 Å². The fraction of sp³-hybridized carbons (Fsp3) is 0.417. The Morgan fingerprint density at radius 3 is 2.65 bits per heavy atom. The highest BCUT2D eigenvalue weighted by Crippen LogP contribution is 2.12. The lowest BCUT2D eigenvalue weighted by Gasteiger charge is -2.15. The lowest BCUT2D eigenvalue weighted by molar-refractivity contribution is -0.134. The summed E-state index contributed by atoms with van der Waals surface area (Å²) in [6, 6.07) is 7.31. The highest BCUT2D eigenvalue weighted by Gasteiger charge is 2.16. The van der Waals surface area contributed by atoms with Gasteiger partial charge in [-0.05, 0) is 24.1 Å². The molecular formula is C12H17ClN2O2. The second-order valence-corrected chi connectivity index (χ2v) is 4.16. The predicted octanol–water partition coefficient (Wildman–Crippen LogP) is 2.02. The Balaban J connectivity index is 2.51. The van der Waals surface area contributed by atoms with E-state index in [1.807, 2.05) is 19.1 Å². The number of hydrogen-bond acceptors (Lipinski definition) is 3. The molecule has 0 aliphatic heterocycles. The maximum Gasteiger partial charge on any atom is 0.263 e. The molecule has 1 aromatic carbocycles. The van der Waals surface area contributed by atoms with Gasteiger partial charge in [-0.1, -0.05) is 37.1 Å². The number of rotatable bonds is 6. The molecule has 5 heteroatoms.